The van der Waals surface area contributed by atoms with Crippen molar-refractivity contribution in [2.45, 2.75) is 47.0 Å². The van der Waals surface area contributed by atoms with Gasteiger partial charge in [0.1, 0.15) is 5.78 Å². The summed E-state index contributed by atoms with van der Waals surface area (Å²) in [7, 11) is 0. The number of Topliss-reactive ketones (excluding diaryl/α,β-unsaturated/α-hetero) is 1. The Morgan fingerprint density at radius 1 is 1.15 bits per heavy atom. The van der Waals surface area contributed by atoms with E-state index < -0.39 is 0 Å². The third kappa shape index (κ3) is 2.32. The molecule has 13 heavy (non-hydrogen) atoms. The molecule has 1 rings (SSSR count). The molecule has 0 radical (unpaired) electrons. The van der Waals surface area contributed by atoms with Gasteiger partial charge in [0, 0.05) is 11.8 Å². The zero-order valence-electron chi connectivity index (χ0n) is 9.34. The van der Waals surface area contributed by atoms with Crippen LogP contribution in [0.2, 0.25) is 0 Å². The van der Waals surface area contributed by atoms with Gasteiger partial charge < -0.3 is 0 Å². The smallest absolute Gasteiger partial charge is 0.139 e. The van der Waals surface area contributed by atoms with E-state index in [0.29, 0.717) is 23.5 Å². The van der Waals surface area contributed by atoms with E-state index >= 15 is 0 Å². The standard InChI is InChI=1S/C12H22O/c1-8(2)11(10-6-5-7-10)12(13)9(3)4/h8-11H,5-7H2,1-4H3. The van der Waals surface area contributed by atoms with Gasteiger partial charge in [-0.3, -0.25) is 4.79 Å². The quantitative estimate of drug-likeness (QED) is 0.652. The molecular weight excluding hydrogens is 160 g/mol. The largest absolute Gasteiger partial charge is 0.299 e. The van der Waals surface area contributed by atoms with Crippen LogP contribution in [0.4, 0.5) is 0 Å². The van der Waals surface area contributed by atoms with E-state index in [-0.39, 0.29) is 5.92 Å². The normalized spacial score (nSPS) is 20.5. The molecule has 1 fully saturated rings. The Labute approximate surface area is 81.9 Å². The molecule has 1 aliphatic rings. The summed E-state index contributed by atoms with van der Waals surface area (Å²) >= 11 is 0. The van der Waals surface area contributed by atoms with Gasteiger partial charge in [0.25, 0.3) is 0 Å². The van der Waals surface area contributed by atoms with E-state index in [1.807, 2.05) is 13.8 Å². The predicted octanol–water partition coefficient (Wildman–Crippen LogP) is 3.28. The van der Waals surface area contributed by atoms with Gasteiger partial charge >= 0.3 is 0 Å². The van der Waals surface area contributed by atoms with Crippen molar-refractivity contribution in [1.82, 2.24) is 0 Å². The zero-order chi connectivity index (χ0) is 10.0. The Morgan fingerprint density at radius 2 is 1.69 bits per heavy atom. The predicted molar refractivity (Wildman–Crippen MR) is 55.5 cm³/mol. The monoisotopic (exact) mass is 182 g/mol. The molecule has 0 bridgehead atoms. The number of hydrogen-bond donors (Lipinski definition) is 0. The van der Waals surface area contributed by atoms with Crippen LogP contribution >= 0.6 is 0 Å². The first-order valence-electron chi connectivity index (χ1n) is 5.57. The second kappa shape index (κ2) is 4.26. The van der Waals surface area contributed by atoms with E-state index in [0.717, 1.165) is 0 Å². The Bertz CT molecular complexity index is 178. The summed E-state index contributed by atoms with van der Waals surface area (Å²) in [6.45, 7) is 8.42. The molecule has 76 valence electrons. The third-order valence-corrected chi connectivity index (χ3v) is 3.27. The highest BCUT2D eigenvalue weighted by Gasteiger charge is 2.35. The molecule has 0 aromatic carbocycles. The van der Waals surface area contributed by atoms with E-state index in [1.165, 1.54) is 19.3 Å². The molecule has 0 heterocycles. The van der Waals surface area contributed by atoms with Crippen LogP contribution in [0.15, 0.2) is 0 Å². The van der Waals surface area contributed by atoms with Gasteiger partial charge in [0.05, 0.1) is 0 Å². The van der Waals surface area contributed by atoms with Gasteiger partial charge in [0.2, 0.25) is 0 Å². The number of carbonyl (C=O) groups excluding carboxylic acids is 1. The van der Waals surface area contributed by atoms with Gasteiger partial charge in [-0.05, 0) is 24.7 Å². The van der Waals surface area contributed by atoms with Gasteiger partial charge in [-0.2, -0.15) is 0 Å². The van der Waals surface area contributed by atoms with Crippen LogP contribution in [0.3, 0.4) is 0 Å². The first-order chi connectivity index (χ1) is 6.04. The van der Waals surface area contributed by atoms with Crippen molar-refractivity contribution in [2.24, 2.45) is 23.7 Å². The summed E-state index contributed by atoms with van der Waals surface area (Å²) in [4.78, 5) is 11.9. The van der Waals surface area contributed by atoms with Crippen LogP contribution in [-0.4, -0.2) is 5.78 Å². The molecule has 0 aliphatic heterocycles. The van der Waals surface area contributed by atoms with E-state index in [1.54, 1.807) is 0 Å². The van der Waals surface area contributed by atoms with Crippen molar-refractivity contribution >= 4 is 5.78 Å². The molecule has 0 aromatic rings. The summed E-state index contributed by atoms with van der Waals surface area (Å²) < 4.78 is 0. The van der Waals surface area contributed by atoms with Crippen molar-refractivity contribution in [1.29, 1.82) is 0 Å². The highest BCUT2D eigenvalue weighted by atomic mass is 16.1. The molecule has 0 saturated heterocycles. The highest BCUT2D eigenvalue weighted by molar-refractivity contribution is 5.83. The number of rotatable bonds is 4. The van der Waals surface area contributed by atoms with Gasteiger partial charge in [0.15, 0.2) is 0 Å². The minimum absolute atomic E-state index is 0.216. The Balaban J connectivity index is 2.61. The maximum Gasteiger partial charge on any atom is 0.139 e. The maximum atomic E-state index is 11.9. The molecule has 1 aliphatic carbocycles. The van der Waals surface area contributed by atoms with Crippen LogP contribution in [0.5, 0.6) is 0 Å². The van der Waals surface area contributed by atoms with Crippen LogP contribution in [0.25, 0.3) is 0 Å². The fraction of sp³-hybridized carbons (Fsp3) is 0.917. The molecule has 1 saturated carbocycles. The Hall–Kier alpha value is -0.330. The van der Waals surface area contributed by atoms with Crippen molar-refractivity contribution in [2.75, 3.05) is 0 Å². The molecule has 1 nitrogen and oxygen atoms in total. The van der Waals surface area contributed by atoms with Crippen molar-refractivity contribution in [3.8, 4) is 0 Å². The summed E-state index contributed by atoms with van der Waals surface area (Å²) in [6.07, 6.45) is 3.89. The lowest BCUT2D eigenvalue weighted by Gasteiger charge is -2.36. The lowest BCUT2D eigenvalue weighted by molar-refractivity contribution is -0.130. The van der Waals surface area contributed by atoms with Crippen LogP contribution in [-0.2, 0) is 4.79 Å². The zero-order valence-corrected chi connectivity index (χ0v) is 9.34. The fourth-order valence-electron chi connectivity index (χ4n) is 2.29. The van der Waals surface area contributed by atoms with E-state index in [9.17, 15) is 4.79 Å². The summed E-state index contributed by atoms with van der Waals surface area (Å²) in [5, 5.41) is 0. The van der Waals surface area contributed by atoms with Crippen LogP contribution < -0.4 is 0 Å². The Kier molecular flexibility index (Phi) is 3.52. The van der Waals surface area contributed by atoms with Gasteiger partial charge in [-0.15, -0.1) is 0 Å². The van der Waals surface area contributed by atoms with Crippen molar-refractivity contribution in [3.05, 3.63) is 0 Å². The highest BCUT2D eigenvalue weighted by Crippen LogP contribution is 2.38. The first-order valence-corrected chi connectivity index (χ1v) is 5.57. The summed E-state index contributed by atoms with van der Waals surface area (Å²) in [5.41, 5.74) is 0. The second-order valence-electron chi connectivity index (χ2n) is 5.02. The van der Waals surface area contributed by atoms with Gasteiger partial charge in [-0.1, -0.05) is 34.1 Å². The van der Waals surface area contributed by atoms with E-state index in [2.05, 4.69) is 13.8 Å². The molecule has 1 atom stereocenters. The maximum absolute atomic E-state index is 11.9. The van der Waals surface area contributed by atoms with Crippen molar-refractivity contribution < 1.29 is 4.79 Å². The number of ketones is 1. The average molecular weight is 182 g/mol. The SMILES string of the molecule is CC(C)C(=O)C(C(C)C)C1CCC1. The minimum atomic E-state index is 0.216. The number of hydrogen-bond acceptors (Lipinski definition) is 1. The molecule has 1 unspecified atom stereocenters. The topological polar surface area (TPSA) is 17.1 Å². The molecule has 0 aromatic heterocycles. The lowest BCUT2D eigenvalue weighted by Crippen LogP contribution is -2.35. The lowest BCUT2D eigenvalue weighted by atomic mass is 9.68. The molecule has 0 spiro atoms. The third-order valence-electron chi connectivity index (χ3n) is 3.27. The first kappa shape index (κ1) is 10.7. The molecular formula is C12H22O. The molecule has 1 heteroatoms. The molecule has 0 amide bonds. The summed E-state index contributed by atoms with van der Waals surface area (Å²) in [5.74, 6) is 2.27. The fourth-order valence-corrected chi connectivity index (χ4v) is 2.29. The number of carbonyl (C=O) groups is 1. The van der Waals surface area contributed by atoms with Crippen LogP contribution in [0, 0.1) is 23.7 Å². The van der Waals surface area contributed by atoms with Gasteiger partial charge in [-0.25, -0.2) is 0 Å². The van der Waals surface area contributed by atoms with Crippen LogP contribution in [0.1, 0.15) is 47.0 Å². The second-order valence-corrected chi connectivity index (χ2v) is 5.02. The van der Waals surface area contributed by atoms with E-state index in [4.69, 9.17) is 0 Å². The molecule has 0 N–H and O–H groups in total. The summed E-state index contributed by atoms with van der Waals surface area (Å²) in [6, 6.07) is 0. The average Bonchev–Trinajstić information content (AvgIpc) is 1.94. The Morgan fingerprint density at radius 3 is 1.92 bits per heavy atom. The minimum Gasteiger partial charge on any atom is -0.299 e. The van der Waals surface area contributed by atoms with Crippen molar-refractivity contribution in [3.63, 3.8) is 0 Å².